The summed E-state index contributed by atoms with van der Waals surface area (Å²) in [6, 6.07) is 0.522. The molecule has 1 rings (SSSR count). The fraction of sp³-hybridized carbons (Fsp3) is 1.00. The van der Waals surface area contributed by atoms with Crippen molar-refractivity contribution >= 4 is 0 Å². The minimum Gasteiger partial charge on any atom is -0.396 e. The van der Waals surface area contributed by atoms with Crippen molar-refractivity contribution in [3.63, 3.8) is 0 Å². The summed E-state index contributed by atoms with van der Waals surface area (Å²) in [6.45, 7) is 4.88. The minimum absolute atomic E-state index is 0.333. The molecule has 1 aliphatic rings. The van der Waals surface area contributed by atoms with E-state index in [0.717, 1.165) is 5.92 Å². The first-order valence-electron chi connectivity index (χ1n) is 4.97. The highest BCUT2D eigenvalue weighted by molar-refractivity contribution is 4.86. The maximum atomic E-state index is 9.21. The van der Waals surface area contributed by atoms with E-state index in [4.69, 9.17) is 0 Å². The number of hydrogen-bond donors (Lipinski definition) is 2. The van der Waals surface area contributed by atoms with E-state index in [1.54, 1.807) is 0 Å². The first-order chi connectivity index (χ1) is 5.69. The van der Waals surface area contributed by atoms with Gasteiger partial charge in [0.05, 0.1) is 0 Å². The average Bonchev–Trinajstić information content (AvgIpc) is 2.03. The van der Waals surface area contributed by atoms with Gasteiger partial charge in [-0.05, 0) is 37.6 Å². The molecule has 1 fully saturated rings. The second-order valence-electron chi connectivity index (χ2n) is 4.30. The Kier molecular flexibility index (Phi) is 3.53. The molecule has 2 N–H and O–H groups in total. The van der Waals surface area contributed by atoms with Crippen LogP contribution in [0.1, 0.15) is 26.7 Å². The molecule has 0 radical (unpaired) electrons. The molecule has 2 heteroatoms. The summed E-state index contributed by atoms with van der Waals surface area (Å²) in [4.78, 5) is 0. The van der Waals surface area contributed by atoms with E-state index in [1.165, 1.54) is 12.8 Å². The summed E-state index contributed by atoms with van der Waals surface area (Å²) in [7, 11) is 2.00. The van der Waals surface area contributed by atoms with Crippen molar-refractivity contribution in [1.29, 1.82) is 0 Å². The van der Waals surface area contributed by atoms with Crippen LogP contribution in [0.3, 0.4) is 0 Å². The molecule has 0 saturated heterocycles. The predicted molar refractivity (Wildman–Crippen MR) is 51.0 cm³/mol. The SMILES string of the molecule is CNC1CC(C)CC(C)C1CO. The molecule has 0 amide bonds. The van der Waals surface area contributed by atoms with Gasteiger partial charge in [-0.3, -0.25) is 0 Å². The van der Waals surface area contributed by atoms with Crippen molar-refractivity contribution in [2.75, 3.05) is 13.7 Å². The largest absolute Gasteiger partial charge is 0.396 e. The molecule has 0 spiro atoms. The molecular weight excluding hydrogens is 150 g/mol. The zero-order valence-electron chi connectivity index (χ0n) is 8.38. The summed E-state index contributed by atoms with van der Waals surface area (Å²) in [5.74, 6) is 1.93. The Morgan fingerprint density at radius 2 is 2.00 bits per heavy atom. The number of hydrogen-bond acceptors (Lipinski definition) is 2. The predicted octanol–water partition coefficient (Wildman–Crippen LogP) is 1.25. The van der Waals surface area contributed by atoms with Crippen molar-refractivity contribution < 1.29 is 5.11 Å². The van der Waals surface area contributed by atoms with Gasteiger partial charge < -0.3 is 10.4 Å². The Morgan fingerprint density at radius 3 is 2.50 bits per heavy atom. The molecule has 0 heterocycles. The van der Waals surface area contributed by atoms with Crippen LogP contribution in [0.5, 0.6) is 0 Å². The van der Waals surface area contributed by atoms with Gasteiger partial charge in [-0.1, -0.05) is 13.8 Å². The molecule has 0 aromatic carbocycles. The van der Waals surface area contributed by atoms with Crippen LogP contribution in [0.15, 0.2) is 0 Å². The van der Waals surface area contributed by atoms with Gasteiger partial charge in [0.15, 0.2) is 0 Å². The van der Waals surface area contributed by atoms with E-state index in [1.807, 2.05) is 7.05 Å². The number of rotatable bonds is 2. The van der Waals surface area contributed by atoms with E-state index in [-0.39, 0.29) is 0 Å². The lowest BCUT2D eigenvalue weighted by Gasteiger charge is -2.38. The van der Waals surface area contributed by atoms with Gasteiger partial charge in [0.25, 0.3) is 0 Å². The maximum Gasteiger partial charge on any atom is 0.0476 e. The fourth-order valence-corrected chi connectivity index (χ4v) is 2.55. The van der Waals surface area contributed by atoms with Gasteiger partial charge in [0.2, 0.25) is 0 Å². The zero-order valence-corrected chi connectivity index (χ0v) is 8.38. The van der Waals surface area contributed by atoms with Crippen LogP contribution in [0.2, 0.25) is 0 Å². The first-order valence-corrected chi connectivity index (χ1v) is 4.97. The molecule has 0 aromatic heterocycles. The van der Waals surface area contributed by atoms with Crippen molar-refractivity contribution in [2.24, 2.45) is 17.8 Å². The van der Waals surface area contributed by atoms with E-state index < -0.39 is 0 Å². The Bertz CT molecular complexity index is 138. The second kappa shape index (κ2) is 4.24. The summed E-state index contributed by atoms with van der Waals surface area (Å²) >= 11 is 0. The van der Waals surface area contributed by atoms with Crippen LogP contribution in [0, 0.1) is 17.8 Å². The van der Waals surface area contributed by atoms with Gasteiger partial charge in [-0.15, -0.1) is 0 Å². The lowest BCUT2D eigenvalue weighted by Crippen LogP contribution is -2.44. The average molecular weight is 171 g/mol. The molecule has 72 valence electrons. The lowest BCUT2D eigenvalue weighted by molar-refractivity contribution is 0.0894. The molecule has 0 bridgehead atoms. The van der Waals surface area contributed by atoms with Crippen LogP contribution in [0.4, 0.5) is 0 Å². The number of aliphatic hydroxyl groups excluding tert-OH is 1. The van der Waals surface area contributed by atoms with E-state index in [9.17, 15) is 5.11 Å². The van der Waals surface area contributed by atoms with E-state index in [2.05, 4.69) is 19.2 Å². The van der Waals surface area contributed by atoms with Crippen molar-refractivity contribution in [3.05, 3.63) is 0 Å². The normalized spacial score (nSPS) is 43.0. The summed E-state index contributed by atoms with van der Waals surface area (Å²) < 4.78 is 0. The zero-order chi connectivity index (χ0) is 9.14. The van der Waals surface area contributed by atoms with Crippen molar-refractivity contribution in [2.45, 2.75) is 32.7 Å². The molecule has 1 saturated carbocycles. The molecule has 4 atom stereocenters. The first kappa shape index (κ1) is 10.0. The molecule has 1 aliphatic carbocycles. The highest BCUT2D eigenvalue weighted by atomic mass is 16.3. The Hall–Kier alpha value is -0.0800. The van der Waals surface area contributed by atoms with Gasteiger partial charge >= 0.3 is 0 Å². The Labute approximate surface area is 75.4 Å². The van der Waals surface area contributed by atoms with Gasteiger partial charge in [-0.2, -0.15) is 0 Å². The van der Waals surface area contributed by atoms with Crippen LogP contribution < -0.4 is 5.32 Å². The molecular formula is C10H21NO. The van der Waals surface area contributed by atoms with Crippen LogP contribution in [0.25, 0.3) is 0 Å². The van der Waals surface area contributed by atoms with Gasteiger partial charge in [0, 0.05) is 12.6 Å². The summed E-state index contributed by atoms with van der Waals surface area (Å²) in [5.41, 5.74) is 0. The minimum atomic E-state index is 0.333. The second-order valence-corrected chi connectivity index (χ2v) is 4.30. The van der Waals surface area contributed by atoms with Crippen LogP contribution >= 0.6 is 0 Å². The molecule has 0 aromatic rings. The maximum absolute atomic E-state index is 9.21. The van der Waals surface area contributed by atoms with Crippen LogP contribution in [-0.2, 0) is 0 Å². The van der Waals surface area contributed by atoms with Crippen molar-refractivity contribution in [1.82, 2.24) is 5.32 Å². The molecule has 12 heavy (non-hydrogen) atoms. The third-order valence-corrected chi connectivity index (χ3v) is 3.26. The topological polar surface area (TPSA) is 32.3 Å². The highest BCUT2D eigenvalue weighted by Gasteiger charge is 2.32. The lowest BCUT2D eigenvalue weighted by atomic mass is 9.73. The molecule has 2 nitrogen and oxygen atoms in total. The third kappa shape index (κ3) is 1.99. The monoisotopic (exact) mass is 171 g/mol. The van der Waals surface area contributed by atoms with Gasteiger partial charge in [0.1, 0.15) is 0 Å². The molecule has 0 aliphatic heterocycles. The number of aliphatic hydroxyl groups is 1. The smallest absolute Gasteiger partial charge is 0.0476 e. The summed E-state index contributed by atoms with van der Waals surface area (Å²) in [6.07, 6.45) is 2.48. The molecule has 4 unspecified atom stereocenters. The Morgan fingerprint density at radius 1 is 1.33 bits per heavy atom. The standard InChI is InChI=1S/C10H21NO/c1-7-4-8(2)9(6-12)10(5-7)11-3/h7-12H,4-6H2,1-3H3. The fourth-order valence-electron chi connectivity index (χ4n) is 2.55. The quantitative estimate of drug-likeness (QED) is 0.655. The summed E-state index contributed by atoms with van der Waals surface area (Å²) in [5, 5.41) is 12.5. The van der Waals surface area contributed by atoms with E-state index in [0.29, 0.717) is 24.5 Å². The van der Waals surface area contributed by atoms with Crippen LogP contribution in [-0.4, -0.2) is 24.8 Å². The third-order valence-electron chi connectivity index (χ3n) is 3.26. The van der Waals surface area contributed by atoms with Gasteiger partial charge in [-0.25, -0.2) is 0 Å². The Balaban J connectivity index is 2.56. The highest BCUT2D eigenvalue weighted by Crippen LogP contribution is 2.33. The number of nitrogens with one attached hydrogen (secondary N) is 1. The van der Waals surface area contributed by atoms with E-state index >= 15 is 0 Å². The van der Waals surface area contributed by atoms with Crippen molar-refractivity contribution in [3.8, 4) is 0 Å².